The first kappa shape index (κ1) is 10.5. The van der Waals surface area contributed by atoms with Gasteiger partial charge in [-0.3, -0.25) is 0 Å². The van der Waals surface area contributed by atoms with Gasteiger partial charge in [0.05, 0.1) is 0 Å². The lowest BCUT2D eigenvalue weighted by molar-refractivity contribution is 0.729. The molecule has 0 N–H and O–H groups in total. The highest BCUT2D eigenvalue weighted by molar-refractivity contribution is 4.98. The van der Waals surface area contributed by atoms with E-state index >= 15 is 0 Å². The fourth-order valence-electron chi connectivity index (χ4n) is 0.862. The molecule has 0 aromatic rings. The average molecular weight is 151 g/mol. The zero-order chi connectivity index (χ0) is 8.36. The fraction of sp³-hybridized carbons (Fsp3) is 0.636. The molecule has 0 rings (SSSR count). The van der Waals surface area contributed by atoms with Crippen molar-refractivity contribution in [3.63, 3.8) is 0 Å². The molecule has 1 radical (unpaired) electrons. The summed E-state index contributed by atoms with van der Waals surface area (Å²) in [5.41, 5.74) is 0. The van der Waals surface area contributed by atoms with Crippen LogP contribution in [-0.4, -0.2) is 0 Å². The molecule has 11 heavy (non-hydrogen) atoms. The van der Waals surface area contributed by atoms with Crippen LogP contribution in [0.2, 0.25) is 0 Å². The molecule has 0 aromatic carbocycles. The van der Waals surface area contributed by atoms with Gasteiger partial charge in [-0.2, -0.15) is 0 Å². The third-order valence-corrected chi connectivity index (χ3v) is 1.53. The lowest BCUT2D eigenvalue weighted by atomic mass is 10.2. The van der Waals surface area contributed by atoms with Crippen molar-refractivity contribution in [1.82, 2.24) is 0 Å². The van der Waals surface area contributed by atoms with Crippen molar-refractivity contribution >= 4 is 0 Å². The Balaban J connectivity index is 3.09. The third kappa shape index (κ3) is 9.48. The molecule has 0 bridgehead atoms. The van der Waals surface area contributed by atoms with Gasteiger partial charge in [-0.05, 0) is 25.3 Å². The van der Waals surface area contributed by atoms with Gasteiger partial charge in [0, 0.05) is 0 Å². The van der Waals surface area contributed by atoms with Gasteiger partial charge in [-0.1, -0.05) is 44.9 Å². The predicted octanol–water partition coefficient (Wildman–Crippen LogP) is 3.89. The van der Waals surface area contributed by atoms with Crippen molar-refractivity contribution in [2.45, 2.75) is 46.0 Å². The van der Waals surface area contributed by atoms with E-state index in [0.717, 1.165) is 6.42 Å². The Morgan fingerprint density at radius 3 is 2.64 bits per heavy atom. The maximum Gasteiger partial charge on any atom is -0.0305 e. The van der Waals surface area contributed by atoms with E-state index in [1.807, 2.05) is 6.08 Å². The van der Waals surface area contributed by atoms with Crippen molar-refractivity contribution in [2.75, 3.05) is 0 Å². The Morgan fingerprint density at radius 2 is 2.00 bits per heavy atom. The largest absolute Gasteiger partial charge is 0.0845 e. The van der Waals surface area contributed by atoms with Crippen LogP contribution in [0.4, 0.5) is 0 Å². The Morgan fingerprint density at radius 1 is 1.18 bits per heavy atom. The van der Waals surface area contributed by atoms with E-state index in [1.54, 1.807) is 0 Å². The number of hydrogen-bond acceptors (Lipinski definition) is 0. The molecule has 63 valence electrons. The summed E-state index contributed by atoms with van der Waals surface area (Å²) >= 11 is 0. The molecule has 0 aliphatic carbocycles. The van der Waals surface area contributed by atoms with Crippen LogP contribution >= 0.6 is 0 Å². The van der Waals surface area contributed by atoms with Crippen LogP contribution in [-0.2, 0) is 0 Å². The molecule has 0 aromatic heterocycles. The van der Waals surface area contributed by atoms with Crippen molar-refractivity contribution < 1.29 is 0 Å². The van der Waals surface area contributed by atoms with E-state index in [9.17, 15) is 0 Å². The maximum atomic E-state index is 3.13. The topological polar surface area (TPSA) is 0 Å². The van der Waals surface area contributed by atoms with E-state index in [-0.39, 0.29) is 0 Å². The standard InChI is InChI=1S/C11H19/c1-3-5-7-9-11-10-8-6-4-2/h8,10-11H,3-5,7,9H2,1-2H3/b8-6?,11-10+. The minimum atomic E-state index is 1.01. The molecule has 0 heteroatoms. The summed E-state index contributed by atoms with van der Waals surface area (Å²) in [6.45, 7) is 4.33. The minimum Gasteiger partial charge on any atom is -0.0845 e. The van der Waals surface area contributed by atoms with Crippen LogP contribution in [0.15, 0.2) is 18.2 Å². The first-order chi connectivity index (χ1) is 5.41. The Hall–Kier alpha value is -0.520. The van der Waals surface area contributed by atoms with Gasteiger partial charge in [0.15, 0.2) is 0 Å². The lowest BCUT2D eigenvalue weighted by Gasteiger charge is -1.89. The number of unbranched alkanes of at least 4 members (excludes halogenated alkanes) is 3. The predicted molar refractivity (Wildman–Crippen MR) is 51.4 cm³/mol. The second kappa shape index (κ2) is 9.48. The number of allylic oxidation sites excluding steroid dienone is 4. The van der Waals surface area contributed by atoms with Gasteiger partial charge < -0.3 is 0 Å². The van der Waals surface area contributed by atoms with Gasteiger partial charge in [0.2, 0.25) is 0 Å². The summed E-state index contributed by atoms with van der Waals surface area (Å²) in [6.07, 6.45) is 15.7. The average Bonchev–Trinajstić information content (AvgIpc) is 2.03. The first-order valence-corrected chi connectivity index (χ1v) is 4.63. The SMILES string of the molecule is CC/[C]=C\C=C\CCCCC. The van der Waals surface area contributed by atoms with Crippen molar-refractivity contribution in [1.29, 1.82) is 0 Å². The van der Waals surface area contributed by atoms with E-state index in [0.29, 0.717) is 0 Å². The number of hydrogen-bond donors (Lipinski definition) is 0. The molecule has 0 unspecified atom stereocenters. The molecule has 0 aliphatic rings. The fourth-order valence-corrected chi connectivity index (χ4v) is 0.862. The molecule has 0 fully saturated rings. The monoisotopic (exact) mass is 151 g/mol. The maximum absolute atomic E-state index is 3.13. The summed E-state index contributed by atoms with van der Waals surface area (Å²) in [7, 11) is 0. The normalized spacial score (nSPS) is 11.8. The van der Waals surface area contributed by atoms with E-state index in [1.165, 1.54) is 25.7 Å². The summed E-state index contributed by atoms with van der Waals surface area (Å²) in [5.74, 6) is 0. The Bertz CT molecular complexity index is 109. The molecule has 0 saturated heterocycles. The summed E-state index contributed by atoms with van der Waals surface area (Å²) in [6, 6.07) is 0. The van der Waals surface area contributed by atoms with Crippen LogP contribution in [0.3, 0.4) is 0 Å². The number of rotatable bonds is 6. The van der Waals surface area contributed by atoms with Gasteiger partial charge in [0.25, 0.3) is 0 Å². The first-order valence-electron chi connectivity index (χ1n) is 4.63. The summed E-state index contributed by atoms with van der Waals surface area (Å²) in [4.78, 5) is 0. The van der Waals surface area contributed by atoms with Crippen LogP contribution < -0.4 is 0 Å². The Labute approximate surface area is 71.0 Å². The molecular formula is C11H19. The molecule has 0 aliphatic heterocycles. The second-order valence-corrected chi connectivity index (χ2v) is 2.65. The van der Waals surface area contributed by atoms with Crippen LogP contribution in [0.1, 0.15) is 46.0 Å². The van der Waals surface area contributed by atoms with Gasteiger partial charge in [-0.15, -0.1) is 0 Å². The van der Waals surface area contributed by atoms with Crippen molar-refractivity contribution in [3.05, 3.63) is 24.3 Å². The third-order valence-electron chi connectivity index (χ3n) is 1.53. The van der Waals surface area contributed by atoms with Crippen molar-refractivity contribution in [3.8, 4) is 0 Å². The lowest BCUT2D eigenvalue weighted by Crippen LogP contribution is -1.69. The molecule has 0 amide bonds. The zero-order valence-electron chi connectivity index (χ0n) is 7.77. The minimum absolute atomic E-state index is 1.01. The van der Waals surface area contributed by atoms with E-state index in [2.05, 4.69) is 32.1 Å². The molecule has 0 heterocycles. The second-order valence-electron chi connectivity index (χ2n) is 2.65. The molecular weight excluding hydrogens is 132 g/mol. The highest BCUT2D eigenvalue weighted by atomic mass is 13.9. The zero-order valence-corrected chi connectivity index (χ0v) is 7.77. The van der Waals surface area contributed by atoms with Crippen LogP contribution in [0.25, 0.3) is 0 Å². The van der Waals surface area contributed by atoms with E-state index in [4.69, 9.17) is 0 Å². The highest BCUT2D eigenvalue weighted by Crippen LogP contribution is 1.99. The summed E-state index contributed by atoms with van der Waals surface area (Å²) < 4.78 is 0. The van der Waals surface area contributed by atoms with Gasteiger partial charge in [-0.25, -0.2) is 0 Å². The smallest absolute Gasteiger partial charge is 0.0305 e. The molecule has 0 spiro atoms. The van der Waals surface area contributed by atoms with Gasteiger partial charge >= 0.3 is 0 Å². The molecule has 0 atom stereocenters. The molecule has 0 nitrogen and oxygen atoms in total. The van der Waals surface area contributed by atoms with E-state index < -0.39 is 0 Å². The molecule has 0 saturated carbocycles. The summed E-state index contributed by atoms with van der Waals surface area (Å²) in [5, 5.41) is 0. The quantitative estimate of drug-likeness (QED) is 0.399. The Kier molecular flexibility index (Phi) is 9.03. The van der Waals surface area contributed by atoms with Crippen LogP contribution in [0.5, 0.6) is 0 Å². The highest BCUT2D eigenvalue weighted by Gasteiger charge is 1.79. The van der Waals surface area contributed by atoms with Crippen LogP contribution in [0, 0.1) is 6.08 Å². The van der Waals surface area contributed by atoms with Crippen molar-refractivity contribution in [2.24, 2.45) is 0 Å². The van der Waals surface area contributed by atoms with Gasteiger partial charge in [0.1, 0.15) is 0 Å².